The van der Waals surface area contributed by atoms with Crippen LogP contribution < -0.4 is 5.32 Å². The van der Waals surface area contributed by atoms with Crippen molar-refractivity contribution in [2.24, 2.45) is 0 Å². The molecule has 0 spiro atoms. The number of anilines is 1. The van der Waals surface area contributed by atoms with Gasteiger partial charge in [-0.3, -0.25) is 0 Å². The molecule has 0 aliphatic carbocycles. The molecule has 0 saturated heterocycles. The van der Waals surface area contributed by atoms with Gasteiger partial charge in [-0.2, -0.15) is 0 Å². The topological polar surface area (TPSA) is 25.2 Å². The fourth-order valence-electron chi connectivity index (χ4n) is 1.31. The summed E-state index contributed by atoms with van der Waals surface area (Å²) in [4.78, 5) is 0. The first kappa shape index (κ1) is 8.81. The van der Waals surface area contributed by atoms with E-state index in [0.29, 0.717) is 11.4 Å². The van der Waals surface area contributed by atoms with E-state index in [1.807, 2.05) is 6.07 Å². The lowest BCUT2D eigenvalue weighted by atomic mass is 10.1. The van der Waals surface area contributed by atoms with Gasteiger partial charge in [0, 0.05) is 12.6 Å². The van der Waals surface area contributed by atoms with Crippen LogP contribution in [0, 0.1) is 5.82 Å². The minimum Gasteiger partial charge on any atom is -0.464 e. The van der Waals surface area contributed by atoms with Crippen molar-refractivity contribution >= 4 is 5.69 Å². The summed E-state index contributed by atoms with van der Waals surface area (Å²) in [5, 5.41) is 2.76. The van der Waals surface area contributed by atoms with Gasteiger partial charge in [0.05, 0.1) is 12.0 Å². The minimum absolute atomic E-state index is 0.276. The number of hydrogen-bond acceptors (Lipinski definition) is 2. The Bertz CT molecular complexity index is 423. The monoisotopic (exact) mass is 191 g/mol. The second-order valence-corrected chi connectivity index (χ2v) is 2.92. The van der Waals surface area contributed by atoms with Crippen molar-refractivity contribution in [3.05, 3.63) is 42.4 Å². The molecule has 1 heterocycles. The molecule has 0 amide bonds. The van der Waals surface area contributed by atoms with E-state index in [4.69, 9.17) is 4.42 Å². The van der Waals surface area contributed by atoms with E-state index in [9.17, 15) is 4.39 Å². The zero-order valence-electron chi connectivity index (χ0n) is 7.75. The van der Waals surface area contributed by atoms with Crippen molar-refractivity contribution in [3.63, 3.8) is 0 Å². The molecule has 2 rings (SSSR count). The molecule has 14 heavy (non-hydrogen) atoms. The summed E-state index contributed by atoms with van der Waals surface area (Å²) >= 11 is 0. The Morgan fingerprint density at radius 1 is 1.29 bits per heavy atom. The lowest BCUT2D eigenvalue weighted by molar-refractivity contribution is 0.580. The maximum Gasteiger partial charge on any atom is 0.147 e. The van der Waals surface area contributed by atoms with Crippen LogP contribution in [0.15, 0.2) is 41.0 Å². The van der Waals surface area contributed by atoms with Gasteiger partial charge in [-0.1, -0.05) is 0 Å². The van der Waals surface area contributed by atoms with Crippen molar-refractivity contribution in [2.45, 2.75) is 0 Å². The van der Waals surface area contributed by atoms with Gasteiger partial charge in [0.2, 0.25) is 0 Å². The summed E-state index contributed by atoms with van der Waals surface area (Å²) in [6.45, 7) is 0. The zero-order chi connectivity index (χ0) is 9.97. The Hall–Kier alpha value is -1.77. The summed E-state index contributed by atoms with van der Waals surface area (Å²) in [5.41, 5.74) is 1.23. The van der Waals surface area contributed by atoms with Crippen molar-refractivity contribution in [1.82, 2.24) is 0 Å². The number of furan rings is 1. The van der Waals surface area contributed by atoms with E-state index in [1.165, 1.54) is 6.07 Å². The lowest BCUT2D eigenvalue weighted by Gasteiger charge is -2.03. The van der Waals surface area contributed by atoms with Crippen LogP contribution in [0.1, 0.15) is 0 Å². The molecule has 1 aromatic heterocycles. The molecule has 0 radical (unpaired) electrons. The molecule has 0 atom stereocenters. The number of nitrogens with one attached hydrogen (secondary N) is 1. The Balaban J connectivity index is 2.43. The van der Waals surface area contributed by atoms with Crippen LogP contribution in [0.2, 0.25) is 0 Å². The number of hydrogen-bond donors (Lipinski definition) is 1. The van der Waals surface area contributed by atoms with Crippen molar-refractivity contribution in [3.8, 4) is 11.3 Å². The van der Waals surface area contributed by atoms with Crippen LogP contribution in [0.25, 0.3) is 11.3 Å². The fourth-order valence-corrected chi connectivity index (χ4v) is 1.31. The highest BCUT2D eigenvalue weighted by Crippen LogP contribution is 2.24. The quantitative estimate of drug-likeness (QED) is 0.788. The molecule has 0 unspecified atom stereocenters. The number of halogens is 1. The first-order chi connectivity index (χ1) is 6.81. The molecule has 0 fully saturated rings. The number of rotatable bonds is 2. The Morgan fingerprint density at radius 2 is 2.14 bits per heavy atom. The third-order valence-corrected chi connectivity index (χ3v) is 2.04. The largest absolute Gasteiger partial charge is 0.464 e. The van der Waals surface area contributed by atoms with Crippen molar-refractivity contribution in [2.75, 3.05) is 12.4 Å². The maximum absolute atomic E-state index is 13.3. The standard InChI is InChI=1S/C11H10FNO/c1-13-10-5-4-8(7-9(10)12)11-3-2-6-14-11/h2-7,13H,1H3. The van der Waals surface area contributed by atoms with Crippen LogP contribution in [0.3, 0.4) is 0 Å². The summed E-state index contributed by atoms with van der Waals surface area (Å²) < 4.78 is 18.5. The highest BCUT2D eigenvalue weighted by atomic mass is 19.1. The van der Waals surface area contributed by atoms with Gasteiger partial charge in [-0.25, -0.2) is 4.39 Å². The summed E-state index contributed by atoms with van der Waals surface area (Å²) in [6, 6.07) is 8.53. The summed E-state index contributed by atoms with van der Waals surface area (Å²) in [7, 11) is 1.69. The van der Waals surface area contributed by atoms with Crippen LogP contribution in [-0.2, 0) is 0 Å². The van der Waals surface area contributed by atoms with Crippen molar-refractivity contribution in [1.29, 1.82) is 0 Å². The molecular formula is C11H10FNO. The normalized spacial score (nSPS) is 10.1. The van der Waals surface area contributed by atoms with Crippen LogP contribution >= 0.6 is 0 Å². The number of benzene rings is 1. The SMILES string of the molecule is CNc1ccc(-c2ccco2)cc1F. The van der Waals surface area contributed by atoms with E-state index >= 15 is 0 Å². The Morgan fingerprint density at radius 3 is 2.71 bits per heavy atom. The first-order valence-electron chi connectivity index (χ1n) is 4.32. The molecule has 72 valence electrons. The molecule has 1 aromatic carbocycles. The zero-order valence-corrected chi connectivity index (χ0v) is 7.75. The van der Waals surface area contributed by atoms with Gasteiger partial charge in [0.15, 0.2) is 0 Å². The van der Waals surface area contributed by atoms with Crippen molar-refractivity contribution < 1.29 is 8.81 Å². The lowest BCUT2D eigenvalue weighted by Crippen LogP contribution is -1.91. The van der Waals surface area contributed by atoms with Crippen LogP contribution in [0.5, 0.6) is 0 Å². The smallest absolute Gasteiger partial charge is 0.147 e. The fraction of sp³-hybridized carbons (Fsp3) is 0.0909. The Labute approximate surface area is 81.4 Å². The molecule has 0 aliphatic heterocycles. The average molecular weight is 191 g/mol. The second kappa shape index (κ2) is 3.54. The van der Waals surface area contributed by atoms with Gasteiger partial charge in [-0.05, 0) is 30.3 Å². The van der Waals surface area contributed by atoms with Crippen LogP contribution in [-0.4, -0.2) is 7.05 Å². The molecule has 0 bridgehead atoms. The molecule has 2 nitrogen and oxygen atoms in total. The van der Waals surface area contributed by atoms with E-state index in [2.05, 4.69) is 5.32 Å². The van der Waals surface area contributed by atoms with E-state index in [1.54, 1.807) is 31.5 Å². The summed E-state index contributed by atoms with van der Waals surface area (Å²) in [6.07, 6.45) is 1.57. The Kier molecular flexibility index (Phi) is 2.23. The van der Waals surface area contributed by atoms with E-state index < -0.39 is 0 Å². The molecule has 1 N–H and O–H groups in total. The minimum atomic E-state index is -0.276. The predicted molar refractivity (Wildman–Crippen MR) is 53.6 cm³/mol. The van der Waals surface area contributed by atoms with Gasteiger partial charge >= 0.3 is 0 Å². The maximum atomic E-state index is 13.3. The first-order valence-corrected chi connectivity index (χ1v) is 4.32. The molecular weight excluding hydrogens is 181 g/mol. The van der Waals surface area contributed by atoms with E-state index in [0.717, 1.165) is 5.56 Å². The molecule has 0 saturated carbocycles. The van der Waals surface area contributed by atoms with Crippen LogP contribution in [0.4, 0.5) is 10.1 Å². The van der Waals surface area contributed by atoms with Gasteiger partial charge in [0.1, 0.15) is 11.6 Å². The predicted octanol–water partition coefficient (Wildman–Crippen LogP) is 3.13. The second-order valence-electron chi connectivity index (χ2n) is 2.92. The highest BCUT2D eigenvalue weighted by molar-refractivity contribution is 5.61. The molecule has 3 heteroatoms. The third kappa shape index (κ3) is 1.48. The van der Waals surface area contributed by atoms with Gasteiger partial charge < -0.3 is 9.73 Å². The van der Waals surface area contributed by atoms with Gasteiger partial charge in [-0.15, -0.1) is 0 Å². The van der Waals surface area contributed by atoms with Gasteiger partial charge in [0.25, 0.3) is 0 Å². The third-order valence-electron chi connectivity index (χ3n) is 2.04. The molecule has 0 aliphatic rings. The molecule has 2 aromatic rings. The van der Waals surface area contributed by atoms with E-state index in [-0.39, 0.29) is 5.82 Å². The highest BCUT2D eigenvalue weighted by Gasteiger charge is 2.04. The summed E-state index contributed by atoms with van der Waals surface area (Å²) in [5.74, 6) is 0.396. The average Bonchev–Trinajstić information content (AvgIpc) is 2.70.